The summed E-state index contributed by atoms with van der Waals surface area (Å²) in [6.07, 6.45) is 3.58. The summed E-state index contributed by atoms with van der Waals surface area (Å²) < 4.78 is 5.00. The zero-order valence-electron chi connectivity index (χ0n) is 9.56. The molecule has 0 aromatic heterocycles. The van der Waals surface area contributed by atoms with Gasteiger partial charge in [0.1, 0.15) is 5.75 Å². The molecule has 0 aliphatic carbocycles. The van der Waals surface area contributed by atoms with Gasteiger partial charge in [-0.25, -0.2) is 5.43 Å². The highest BCUT2D eigenvalue weighted by atomic mass is 16.5. The molecular weight excluding hydrogens is 204 g/mol. The summed E-state index contributed by atoms with van der Waals surface area (Å²) in [6.45, 7) is 2.05. The van der Waals surface area contributed by atoms with E-state index in [1.807, 2.05) is 0 Å². The van der Waals surface area contributed by atoms with Gasteiger partial charge in [-0.15, -0.1) is 0 Å². The molecule has 1 aromatic carbocycles. The number of carbonyl (C=O) groups excluding carboxylic acids is 1. The van der Waals surface area contributed by atoms with Crippen molar-refractivity contribution in [3.05, 3.63) is 29.8 Å². The van der Waals surface area contributed by atoms with Crippen molar-refractivity contribution in [1.29, 1.82) is 0 Å². The molecule has 1 N–H and O–H groups in total. The second-order valence-electron chi connectivity index (χ2n) is 3.27. The first-order chi connectivity index (χ1) is 7.77. The van der Waals surface area contributed by atoms with Crippen LogP contribution in [0.3, 0.4) is 0 Å². The zero-order chi connectivity index (χ0) is 11.8. The van der Waals surface area contributed by atoms with Crippen molar-refractivity contribution in [2.45, 2.75) is 19.8 Å². The molecule has 0 saturated heterocycles. The van der Waals surface area contributed by atoms with E-state index in [9.17, 15) is 4.79 Å². The van der Waals surface area contributed by atoms with Crippen LogP contribution >= 0.6 is 0 Å². The van der Waals surface area contributed by atoms with E-state index in [1.165, 1.54) is 0 Å². The highest BCUT2D eigenvalue weighted by Crippen LogP contribution is 2.10. The molecule has 0 fully saturated rings. The average molecular weight is 220 g/mol. The van der Waals surface area contributed by atoms with Gasteiger partial charge in [0.05, 0.1) is 7.11 Å². The summed E-state index contributed by atoms with van der Waals surface area (Å²) >= 11 is 0. The standard InChI is InChI=1S/C12H16N2O2/c1-3-4-9-13-14-12(15)10-5-7-11(16-2)8-6-10/h5-9H,3-4H2,1-2H3,(H,14,15). The molecule has 1 aromatic rings. The predicted octanol–water partition coefficient (Wildman–Crippen LogP) is 2.21. The summed E-state index contributed by atoms with van der Waals surface area (Å²) in [5.74, 6) is 0.515. The molecule has 0 bridgehead atoms. The predicted molar refractivity (Wildman–Crippen MR) is 63.9 cm³/mol. The molecule has 0 spiro atoms. The van der Waals surface area contributed by atoms with Crippen molar-refractivity contribution >= 4 is 12.1 Å². The van der Waals surface area contributed by atoms with Gasteiger partial charge < -0.3 is 4.74 Å². The minimum absolute atomic E-state index is 0.213. The van der Waals surface area contributed by atoms with Crippen LogP contribution in [0.5, 0.6) is 5.75 Å². The molecule has 16 heavy (non-hydrogen) atoms. The van der Waals surface area contributed by atoms with E-state index >= 15 is 0 Å². The smallest absolute Gasteiger partial charge is 0.271 e. The molecule has 0 radical (unpaired) electrons. The number of nitrogens with zero attached hydrogens (tertiary/aromatic N) is 1. The van der Waals surface area contributed by atoms with Gasteiger partial charge in [0, 0.05) is 11.8 Å². The highest BCUT2D eigenvalue weighted by Gasteiger charge is 2.03. The summed E-state index contributed by atoms with van der Waals surface area (Å²) in [4.78, 5) is 11.5. The van der Waals surface area contributed by atoms with Crippen LogP contribution in [0.4, 0.5) is 0 Å². The maximum atomic E-state index is 11.5. The van der Waals surface area contributed by atoms with E-state index in [1.54, 1.807) is 37.6 Å². The lowest BCUT2D eigenvalue weighted by Crippen LogP contribution is -2.17. The molecule has 0 aliphatic rings. The molecule has 0 heterocycles. The summed E-state index contributed by atoms with van der Waals surface area (Å²) in [5, 5.41) is 3.82. The Bertz CT molecular complexity index is 358. The van der Waals surface area contributed by atoms with Crippen LogP contribution in [-0.2, 0) is 0 Å². The number of hydrazone groups is 1. The highest BCUT2D eigenvalue weighted by molar-refractivity contribution is 5.94. The summed E-state index contributed by atoms with van der Waals surface area (Å²) in [6, 6.07) is 6.88. The van der Waals surface area contributed by atoms with Crippen molar-refractivity contribution in [1.82, 2.24) is 5.43 Å². The van der Waals surface area contributed by atoms with Gasteiger partial charge in [-0.1, -0.05) is 13.3 Å². The minimum atomic E-state index is -0.213. The number of rotatable bonds is 5. The molecule has 1 amide bonds. The topological polar surface area (TPSA) is 50.7 Å². The number of hydrogen-bond donors (Lipinski definition) is 1. The lowest BCUT2D eigenvalue weighted by molar-refractivity contribution is 0.0955. The minimum Gasteiger partial charge on any atom is -0.497 e. The van der Waals surface area contributed by atoms with Crippen molar-refractivity contribution < 1.29 is 9.53 Å². The van der Waals surface area contributed by atoms with Gasteiger partial charge in [-0.2, -0.15) is 5.10 Å². The molecule has 0 saturated carbocycles. The Morgan fingerprint density at radius 1 is 1.44 bits per heavy atom. The second kappa shape index (κ2) is 6.61. The molecule has 1 rings (SSSR count). The fourth-order valence-electron chi connectivity index (χ4n) is 1.10. The third-order valence-corrected chi connectivity index (χ3v) is 2.03. The van der Waals surface area contributed by atoms with Gasteiger partial charge in [0.25, 0.3) is 5.91 Å². The van der Waals surface area contributed by atoms with Crippen LogP contribution in [0.25, 0.3) is 0 Å². The van der Waals surface area contributed by atoms with Crippen LogP contribution in [0.15, 0.2) is 29.4 Å². The fraction of sp³-hybridized carbons (Fsp3) is 0.333. The molecule has 0 aliphatic heterocycles. The Morgan fingerprint density at radius 3 is 2.69 bits per heavy atom. The van der Waals surface area contributed by atoms with Crippen molar-refractivity contribution in [2.75, 3.05) is 7.11 Å². The molecule has 4 heteroatoms. The number of unbranched alkanes of at least 4 members (excludes halogenated alkanes) is 1. The number of benzene rings is 1. The van der Waals surface area contributed by atoms with Crippen molar-refractivity contribution in [3.8, 4) is 5.75 Å². The number of carbonyl (C=O) groups is 1. The zero-order valence-corrected chi connectivity index (χ0v) is 9.56. The Morgan fingerprint density at radius 2 is 2.12 bits per heavy atom. The quantitative estimate of drug-likeness (QED) is 0.611. The molecule has 0 atom stereocenters. The van der Waals surface area contributed by atoms with E-state index in [-0.39, 0.29) is 5.91 Å². The Balaban J connectivity index is 2.52. The lowest BCUT2D eigenvalue weighted by Gasteiger charge is -2.01. The van der Waals surface area contributed by atoms with Crippen molar-refractivity contribution in [3.63, 3.8) is 0 Å². The third kappa shape index (κ3) is 3.73. The molecule has 0 unspecified atom stereocenters. The van der Waals surface area contributed by atoms with E-state index in [0.29, 0.717) is 5.56 Å². The Labute approximate surface area is 95.3 Å². The maximum absolute atomic E-state index is 11.5. The van der Waals surface area contributed by atoms with Crippen LogP contribution < -0.4 is 10.2 Å². The van der Waals surface area contributed by atoms with Gasteiger partial charge in [-0.3, -0.25) is 4.79 Å². The molecule has 86 valence electrons. The van der Waals surface area contributed by atoms with Crippen molar-refractivity contribution in [2.24, 2.45) is 5.10 Å². The first-order valence-electron chi connectivity index (χ1n) is 5.24. The van der Waals surface area contributed by atoms with Crippen LogP contribution in [0, 0.1) is 0 Å². The first-order valence-corrected chi connectivity index (χ1v) is 5.24. The third-order valence-electron chi connectivity index (χ3n) is 2.03. The second-order valence-corrected chi connectivity index (χ2v) is 3.27. The normalized spacial score (nSPS) is 10.4. The first kappa shape index (κ1) is 12.2. The monoisotopic (exact) mass is 220 g/mol. The van der Waals surface area contributed by atoms with Gasteiger partial charge in [0.15, 0.2) is 0 Å². The van der Waals surface area contributed by atoms with Crippen LogP contribution in [0.1, 0.15) is 30.1 Å². The number of nitrogens with one attached hydrogen (secondary N) is 1. The average Bonchev–Trinajstić information content (AvgIpc) is 2.34. The maximum Gasteiger partial charge on any atom is 0.271 e. The molecule has 4 nitrogen and oxygen atoms in total. The van der Waals surface area contributed by atoms with E-state index in [0.717, 1.165) is 18.6 Å². The summed E-state index contributed by atoms with van der Waals surface area (Å²) in [7, 11) is 1.59. The van der Waals surface area contributed by atoms with E-state index < -0.39 is 0 Å². The van der Waals surface area contributed by atoms with Gasteiger partial charge in [-0.05, 0) is 30.7 Å². The van der Waals surface area contributed by atoms with Gasteiger partial charge in [0.2, 0.25) is 0 Å². The Kier molecular flexibility index (Phi) is 5.05. The number of hydrogen-bond acceptors (Lipinski definition) is 3. The lowest BCUT2D eigenvalue weighted by atomic mass is 10.2. The summed E-state index contributed by atoms with van der Waals surface area (Å²) in [5.41, 5.74) is 3.03. The van der Waals surface area contributed by atoms with Crippen LogP contribution in [0.2, 0.25) is 0 Å². The van der Waals surface area contributed by atoms with Gasteiger partial charge >= 0.3 is 0 Å². The number of methoxy groups -OCH3 is 1. The van der Waals surface area contributed by atoms with E-state index in [4.69, 9.17) is 4.74 Å². The fourth-order valence-corrected chi connectivity index (χ4v) is 1.10. The number of amides is 1. The number of ether oxygens (including phenoxy) is 1. The molecular formula is C12H16N2O2. The Hall–Kier alpha value is -1.84. The van der Waals surface area contributed by atoms with E-state index in [2.05, 4.69) is 17.5 Å². The largest absolute Gasteiger partial charge is 0.497 e. The van der Waals surface area contributed by atoms with Crippen LogP contribution in [-0.4, -0.2) is 19.2 Å². The SMILES string of the molecule is CCCC=NNC(=O)c1ccc(OC)cc1.